The van der Waals surface area contributed by atoms with Crippen LogP contribution in [0.2, 0.25) is 0 Å². The van der Waals surface area contributed by atoms with E-state index in [0.29, 0.717) is 16.8 Å². The minimum Gasteiger partial charge on any atom is -0.406 e. The Kier molecular flexibility index (Phi) is 5.47. The average Bonchev–Trinajstić information content (AvgIpc) is 3.05. The molecule has 1 N–H and O–H groups in total. The lowest BCUT2D eigenvalue weighted by Crippen LogP contribution is -2.25. The summed E-state index contributed by atoms with van der Waals surface area (Å²) in [6, 6.07) is 7.18. The fourth-order valence-corrected chi connectivity index (χ4v) is 3.13. The number of nitrogens with one attached hydrogen (secondary N) is 1. The van der Waals surface area contributed by atoms with Crippen molar-refractivity contribution in [3.63, 3.8) is 0 Å². The van der Waals surface area contributed by atoms with Crippen LogP contribution < -0.4 is 10.2 Å². The molecule has 7 nitrogen and oxygen atoms in total. The Bertz CT molecular complexity index is 1300. The van der Waals surface area contributed by atoms with Crippen LogP contribution in [0.1, 0.15) is 11.3 Å². The number of carbonyl (C=O) groups excluding carboxylic acids is 1. The monoisotopic (exact) mass is 445 g/mol. The molecule has 0 atom stereocenters. The highest BCUT2D eigenvalue weighted by atomic mass is 19.4. The molecule has 0 radical (unpaired) electrons. The third-order valence-corrected chi connectivity index (χ3v) is 4.51. The van der Waals surface area contributed by atoms with Gasteiger partial charge in [-0.2, -0.15) is 13.2 Å². The van der Waals surface area contributed by atoms with Crippen LogP contribution in [0, 0.1) is 12.7 Å². The number of halogens is 4. The first-order valence-corrected chi connectivity index (χ1v) is 9.29. The second-order valence-electron chi connectivity index (χ2n) is 6.86. The summed E-state index contributed by atoms with van der Waals surface area (Å²) in [5.41, 5.74) is 3.42. The molecule has 0 aliphatic rings. The van der Waals surface area contributed by atoms with Crippen LogP contribution in [0.5, 0.6) is 5.75 Å². The molecule has 0 aliphatic heterocycles. The highest BCUT2D eigenvalue weighted by Crippen LogP contribution is 2.27. The third-order valence-electron chi connectivity index (χ3n) is 4.51. The van der Waals surface area contributed by atoms with Gasteiger partial charge in [-0.25, -0.2) is 24.6 Å². The number of hydrogen-bond acceptors (Lipinski definition) is 5. The van der Waals surface area contributed by atoms with E-state index in [1.165, 1.54) is 42.9 Å². The topological polar surface area (TPSA) is 81.9 Å². The molecule has 0 saturated carbocycles. The maximum absolute atomic E-state index is 13.4. The number of fused-ring (bicyclic) bond motifs is 1. The molecule has 4 aromatic rings. The Balaban J connectivity index is 1.54. The minimum atomic E-state index is -4.42. The third kappa shape index (κ3) is 4.66. The zero-order valence-electron chi connectivity index (χ0n) is 16.5. The highest BCUT2D eigenvalue weighted by Gasteiger charge is 2.29. The van der Waals surface area contributed by atoms with Crippen molar-refractivity contribution in [3.8, 4) is 17.1 Å². The van der Waals surface area contributed by atoms with Crippen LogP contribution in [0.15, 0.2) is 55.1 Å². The van der Waals surface area contributed by atoms with Gasteiger partial charge in [-0.3, -0.25) is 9.66 Å². The molecule has 3 heterocycles. The molecule has 0 aliphatic carbocycles. The van der Waals surface area contributed by atoms with Gasteiger partial charge in [0.05, 0.1) is 23.8 Å². The van der Waals surface area contributed by atoms with Crippen LogP contribution in [0.3, 0.4) is 0 Å². The summed E-state index contributed by atoms with van der Waals surface area (Å²) < 4.78 is 58.4. The Morgan fingerprint density at radius 1 is 1.22 bits per heavy atom. The fraction of sp³-hybridized carbons (Fsp3) is 0.143. The van der Waals surface area contributed by atoms with Gasteiger partial charge in [-0.15, -0.1) is 0 Å². The van der Waals surface area contributed by atoms with Gasteiger partial charge in [0.1, 0.15) is 5.82 Å². The SMILES string of the molecule is Cc1nc(-c2cccc(F)c2)ncc1OC(=O)Nn1cc(CC(F)(F)F)c2cnccc21. The average molecular weight is 445 g/mol. The Labute approximate surface area is 178 Å². The van der Waals surface area contributed by atoms with Gasteiger partial charge in [0.25, 0.3) is 0 Å². The fourth-order valence-electron chi connectivity index (χ4n) is 3.13. The second kappa shape index (κ2) is 8.25. The first-order chi connectivity index (χ1) is 15.2. The predicted molar refractivity (Wildman–Crippen MR) is 107 cm³/mol. The molecule has 1 amide bonds. The molecule has 0 saturated heterocycles. The maximum Gasteiger partial charge on any atom is 0.432 e. The summed E-state index contributed by atoms with van der Waals surface area (Å²) in [5, 5.41) is 0.254. The second-order valence-corrected chi connectivity index (χ2v) is 6.86. The van der Waals surface area contributed by atoms with E-state index in [-0.39, 0.29) is 22.5 Å². The number of nitrogens with zero attached hydrogens (tertiary/aromatic N) is 4. The van der Waals surface area contributed by atoms with Crippen LogP contribution in [-0.2, 0) is 6.42 Å². The number of hydrogen-bond donors (Lipinski definition) is 1. The van der Waals surface area contributed by atoms with Crippen molar-refractivity contribution < 1.29 is 27.1 Å². The number of ether oxygens (including phenoxy) is 1. The standard InChI is InChI=1S/C21H15F4N5O2/c1-12-18(10-27-19(28-12)13-3-2-4-15(22)7-13)32-20(31)29-30-11-14(8-21(23,24)25)16-9-26-6-5-17(16)30/h2-7,9-11H,8H2,1H3,(H,29,31). The molecule has 11 heteroatoms. The maximum atomic E-state index is 13.4. The van der Waals surface area contributed by atoms with Gasteiger partial charge in [0.2, 0.25) is 0 Å². The van der Waals surface area contributed by atoms with Gasteiger partial charge in [0.15, 0.2) is 11.6 Å². The first kappa shape index (κ1) is 21.2. The van der Waals surface area contributed by atoms with Crippen molar-refractivity contribution in [1.82, 2.24) is 19.6 Å². The molecular formula is C21H15F4N5O2. The van der Waals surface area contributed by atoms with Gasteiger partial charge in [-0.1, -0.05) is 12.1 Å². The number of alkyl halides is 3. The van der Waals surface area contributed by atoms with Crippen LogP contribution >= 0.6 is 0 Å². The van der Waals surface area contributed by atoms with Gasteiger partial charge >= 0.3 is 12.3 Å². The number of rotatable bonds is 4. The Morgan fingerprint density at radius 2 is 2.03 bits per heavy atom. The van der Waals surface area contributed by atoms with Crippen molar-refractivity contribution in [2.24, 2.45) is 0 Å². The van der Waals surface area contributed by atoms with Crippen molar-refractivity contribution in [3.05, 3.63) is 72.2 Å². The zero-order valence-corrected chi connectivity index (χ0v) is 16.5. The van der Waals surface area contributed by atoms with Gasteiger partial charge < -0.3 is 4.74 Å². The normalized spacial score (nSPS) is 11.5. The van der Waals surface area contributed by atoms with Crippen molar-refractivity contribution in [1.29, 1.82) is 0 Å². The molecule has 0 unspecified atom stereocenters. The van der Waals surface area contributed by atoms with Crippen LogP contribution in [0.25, 0.3) is 22.3 Å². The number of aryl methyl sites for hydroxylation is 1. The number of carbonyl (C=O) groups is 1. The van der Waals surface area contributed by atoms with E-state index in [2.05, 4.69) is 20.4 Å². The van der Waals surface area contributed by atoms with E-state index >= 15 is 0 Å². The van der Waals surface area contributed by atoms with E-state index < -0.39 is 24.5 Å². The van der Waals surface area contributed by atoms with Gasteiger partial charge in [0, 0.05) is 29.5 Å². The summed E-state index contributed by atoms with van der Waals surface area (Å²) in [5.74, 6) is -0.158. The van der Waals surface area contributed by atoms with E-state index in [0.717, 1.165) is 10.9 Å². The minimum absolute atomic E-state index is 0.0382. The molecule has 164 valence electrons. The van der Waals surface area contributed by atoms with E-state index in [9.17, 15) is 22.4 Å². The molecule has 0 spiro atoms. The Hall–Kier alpha value is -4.02. The molecule has 32 heavy (non-hydrogen) atoms. The number of benzene rings is 1. The summed E-state index contributed by atoms with van der Waals surface area (Å²) in [6.45, 7) is 1.57. The molecule has 4 rings (SSSR count). The predicted octanol–water partition coefficient (Wildman–Crippen LogP) is 4.79. The smallest absolute Gasteiger partial charge is 0.406 e. The largest absolute Gasteiger partial charge is 0.432 e. The van der Waals surface area contributed by atoms with E-state index in [4.69, 9.17) is 4.74 Å². The van der Waals surface area contributed by atoms with Crippen molar-refractivity contribution in [2.45, 2.75) is 19.5 Å². The lowest BCUT2D eigenvalue weighted by atomic mass is 10.1. The lowest BCUT2D eigenvalue weighted by molar-refractivity contribution is -0.127. The van der Waals surface area contributed by atoms with Crippen molar-refractivity contribution >= 4 is 17.0 Å². The van der Waals surface area contributed by atoms with E-state index in [1.54, 1.807) is 13.0 Å². The van der Waals surface area contributed by atoms with Crippen molar-refractivity contribution in [2.75, 3.05) is 5.43 Å². The van der Waals surface area contributed by atoms with Crippen LogP contribution in [-0.4, -0.2) is 31.9 Å². The van der Waals surface area contributed by atoms with E-state index in [1.807, 2.05) is 0 Å². The highest BCUT2D eigenvalue weighted by molar-refractivity contribution is 5.87. The summed E-state index contributed by atoms with van der Waals surface area (Å²) in [4.78, 5) is 24.5. The number of aromatic nitrogens is 4. The van der Waals surface area contributed by atoms with Gasteiger partial charge in [-0.05, 0) is 30.7 Å². The molecule has 0 fully saturated rings. The molecule has 3 aromatic heterocycles. The molecule has 0 bridgehead atoms. The quantitative estimate of drug-likeness (QED) is 0.457. The number of amides is 1. The summed E-state index contributed by atoms with van der Waals surface area (Å²) in [6.07, 6.45) is -1.44. The summed E-state index contributed by atoms with van der Waals surface area (Å²) in [7, 11) is 0. The number of pyridine rings is 1. The molecule has 1 aromatic carbocycles. The first-order valence-electron chi connectivity index (χ1n) is 9.29. The molecular weight excluding hydrogens is 430 g/mol. The Morgan fingerprint density at radius 3 is 2.75 bits per heavy atom. The summed E-state index contributed by atoms with van der Waals surface area (Å²) >= 11 is 0. The zero-order chi connectivity index (χ0) is 22.9. The van der Waals surface area contributed by atoms with Crippen LogP contribution in [0.4, 0.5) is 22.4 Å². The lowest BCUT2D eigenvalue weighted by Gasteiger charge is -2.10.